The van der Waals surface area contributed by atoms with E-state index in [4.69, 9.17) is 4.74 Å². The van der Waals surface area contributed by atoms with E-state index < -0.39 is 0 Å². The van der Waals surface area contributed by atoms with Crippen LogP contribution in [0.25, 0.3) is 0 Å². The molecule has 2 unspecified atom stereocenters. The zero-order valence-electron chi connectivity index (χ0n) is 12.5. The van der Waals surface area contributed by atoms with Gasteiger partial charge in [0.25, 0.3) is 0 Å². The summed E-state index contributed by atoms with van der Waals surface area (Å²) in [4.78, 5) is 14.1. The molecular weight excluding hydrogens is 240 g/mol. The van der Waals surface area contributed by atoms with Crippen molar-refractivity contribution in [1.82, 2.24) is 10.2 Å². The third kappa shape index (κ3) is 4.46. The van der Waals surface area contributed by atoms with Crippen LogP contribution in [0.4, 0.5) is 0 Å². The lowest BCUT2D eigenvalue weighted by molar-refractivity contribution is -0.130. The van der Waals surface area contributed by atoms with E-state index in [0.717, 1.165) is 38.5 Å². The number of nitrogens with zero attached hydrogens (tertiary/aromatic N) is 1. The molecule has 4 nitrogen and oxygen atoms in total. The smallest absolute Gasteiger partial charge is 0.240 e. The molecule has 4 heteroatoms. The quantitative estimate of drug-likeness (QED) is 0.685. The molecule has 2 fully saturated rings. The average molecular weight is 268 g/mol. The molecule has 1 amide bonds. The summed E-state index contributed by atoms with van der Waals surface area (Å²) >= 11 is 0. The first kappa shape index (κ1) is 14.8. The fourth-order valence-corrected chi connectivity index (χ4v) is 2.63. The van der Waals surface area contributed by atoms with Gasteiger partial charge in [-0.1, -0.05) is 13.8 Å². The number of rotatable bonds is 8. The number of ether oxygens (including phenoxy) is 1. The minimum absolute atomic E-state index is 0.0314. The third-order valence-electron chi connectivity index (χ3n) is 3.90. The van der Waals surface area contributed by atoms with Crippen molar-refractivity contribution < 1.29 is 9.53 Å². The van der Waals surface area contributed by atoms with Crippen LogP contribution in [0.2, 0.25) is 0 Å². The predicted molar refractivity (Wildman–Crippen MR) is 75.7 cm³/mol. The van der Waals surface area contributed by atoms with Crippen molar-refractivity contribution in [3.8, 4) is 0 Å². The maximum atomic E-state index is 12.1. The van der Waals surface area contributed by atoms with Gasteiger partial charge in [0, 0.05) is 19.8 Å². The number of carbonyl (C=O) groups excluding carboxylic acids is 1. The van der Waals surface area contributed by atoms with Crippen LogP contribution < -0.4 is 5.32 Å². The van der Waals surface area contributed by atoms with Crippen molar-refractivity contribution in [3.05, 3.63) is 0 Å². The molecule has 2 atom stereocenters. The van der Waals surface area contributed by atoms with Crippen LogP contribution in [0, 0.1) is 11.8 Å². The lowest BCUT2D eigenvalue weighted by atomic mass is 10.1. The molecular formula is C15H28N2O2. The van der Waals surface area contributed by atoms with E-state index in [1.54, 1.807) is 0 Å². The van der Waals surface area contributed by atoms with Gasteiger partial charge >= 0.3 is 0 Å². The third-order valence-corrected chi connectivity index (χ3v) is 3.90. The number of hydrogen-bond acceptors (Lipinski definition) is 3. The van der Waals surface area contributed by atoms with E-state index in [0.29, 0.717) is 5.92 Å². The molecule has 19 heavy (non-hydrogen) atoms. The van der Waals surface area contributed by atoms with Gasteiger partial charge in [-0.2, -0.15) is 0 Å². The average Bonchev–Trinajstić information content (AvgIpc) is 3.11. The Kier molecular flexibility index (Phi) is 5.22. The fraction of sp³-hybridized carbons (Fsp3) is 0.933. The first-order valence-corrected chi connectivity index (χ1v) is 7.72. The Bertz CT molecular complexity index is 303. The van der Waals surface area contributed by atoms with Gasteiger partial charge in [0.05, 0.1) is 12.2 Å². The molecule has 0 aromatic heterocycles. The molecule has 1 saturated heterocycles. The highest BCUT2D eigenvalue weighted by Gasteiger charge is 2.35. The van der Waals surface area contributed by atoms with Gasteiger partial charge in [0.1, 0.15) is 0 Å². The maximum Gasteiger partial charge on any atom is 0.240 e. The maximum absolute atomic E-state index is 12.1. The number of nitrogens with one attached hydrogen (secondary N) is 1. The summed E-state index contributed by atoms with van der Waals surface area (Å²) in [7, 11) is 0. The van der Waals surface area contributed by atoms with Crippen LogP contribution in [0.1, 0.15) is 46.5 Å². The normalized spacial score (nSPS) is 27.6. The Morgan fingerprint density at radius 2 is 2.16 bits per heavy atom. The molecule has 2 rings (SSSR count). The van der Waals surface area contributed by atoms with Gasteiger partial charge in [-0.3, -0.25) is 10.1 Å². The highest BCUT2D eigenvalue weighted by Crippen LogP contribution is 2.28. The standard InChI is InChI=1S/C15H28N2O2/c1-11(2)9-14-16-12(3)15(18)17(14)7-4-8-19-10-13-5-6-13/h11-14,16H,4-10H2,1-3H3. The van der Waals surface area contributed by atoms with Crippen LogP contribution in [0.5, 0.6) is 0 Å². The molecule has 0 spiro atoms. The zero-order valence-corrected chi connectivity index (χ0v) is 12.5. The van der Waals surface area contributed by atoms with Gasteiger partial charge in [0.15, 0.2) is 0 Å². The molecule has 0 aromatic rings. The van der Waals surface area contributed by atoms with E-state index in [1.807, 2.05) is 11.8 Å². The molecule has 1 saturated carbocycles. The highest BCUT2D eigenvalue weighted by atomic mass is 16.5. The van der Waals surface area contributed by atoms with Crippen molar-refractivity contribution in [1.29, 1.82) is 0 Å². The second kappa shape index (κ2) is 6.71. The Balaban J connectivity index is 1.69. The first-order valence-electron chi connectivity index (χ1n) is 7.72. The summed E-state index contributed by atoms with van der Waals surface area (Å²) < 4.78 is 5.64. The van der Waals surface area contributed by atoms with Gasteiger partial charge in [-0.15, -0.1) is 0 Å². The predicted octanol–water partition coefficient (Wildman–Crippen LogP) is 2.00. The lowest BCUT2D eigenvalue weighted by Crippen LogP contribution is -2.39. The monoisotopic (exact) mass is 268 g/mol. The zero-order chi connectivity index (χ0) is 13.8. The molecule has 1 N–H and O–H groups in total. The summed E-state index contributed by atoms with van der Waals surface area (Å²) in [6, 6.07) is -0.0314. The molecule has 2 aliphatic rings. The number of hydrogen-bond donors (Lipinski definition) is 1. The van der Waals surface area contributed by atoms with Crippen LogP contribution in [0.15, 0.2) is 0 Å². The van der Waals surface area contributed by atoms with Crippen LogP contribution in [-0.4, -0.2) is 42.8 Å². The second-order valence-corrected chi connectivity index (χ2v) is 6.44. The summed E-state index contributed by atoms with van der Waals surface area (Å²) in [5, 5.41) is 3.39. The van der Waals surface area contributed by atoms with Gasteiger partial charge in [-0.25, -0.2) is 0 Å². The van der Waals surface area contributed by atoms with E-state index in [1.165, 1.54) is 12.8 Å². The molecule has 1 aliphatic carbocycles. The van der Waals surface area contributed by atoms with Crippen molar-refractivity contribution in [3.63, 3.8) is 0 Å². The minimum Gasteiger partial charge on any atom is -0.381 e. The molecule has 1 heterocycles. The summed E-state index contributed by atoms with van der Waals surface area (Å²) in [5.41, 5.74) is 0. The van der Waals surface area contributed by atoms with E-state index in [2.05, 4.69) is 19.2 Å². The van der Waals surface area contributed by atoms with Crippen molar-refractivity contribution >= 4 is 5.91 Å². The van der Waals surface area contributed by atoms with E-state index in [9.17, 15) is 4.79 Å². The van der Waals surface area contributed by atoms with Gasteiger partial charge in [0.2, 0.25) is 5.91 Å². The number of carbonyl (C=O) groups is 1. The topological polar surface area (TPSA) is 41.6 Å². The number of amides is 1. The van der Waals surface area contributed by atoms with Crippen molar-refractivity contribution in [2.24, 2.45) is 11.8 Å². The minimum atomic E-state index is -0.0314. The molecule has 0 aromatic carbocycles. The van der Waals surface area contributed by atoms with Gasteiger partial charge < -0.3 is 9.64 Å². The van der Waals surface area contributed by atoms with Crippen molar-refractivity contribution in [2.75, 3.05) is 19.8 Å². The Morgan fingerprint density at radius 3 is 2.79 bits per heavy atom. The fourth-order valence-electron chi connectivity index (χ4n) is 2.63. The van der Waals surface area contributed by atoms with Crippen LogP contribution in [-0.2, 0) is 9.53 Å². The molecule has 1 aliphatic heterocycles. The lowest BCUT2D eigenvalue weighted by Gasteiger charge is -2.25. The molecule has 0 bridgehead atoms. The van der Waals surface area contributed by atoms with Crippen molar-refractivity contribution in [2.45, 2.75) is 58.7 Å². The summed E-state index contributed by atoms with van der Waals surface area (Å²) in [5.74, 6) is 1.67. The SMILES string of the molecule is CC(C)CC1NC(C)C(=O)N1CCCOCC1CC1. The van der Waals surface area contributed by atoms with E-state index in [-0.39, 0.29) is 18.1 Å². The Hall–Kier alpha value is -0.610. The Morgan fingerprint density at radius 1 is 1.42 bits per heavy atom. The van der Waals surface area contributed by atoms with Crippen LogP contribution >= 0.6 is 0 Å². The summed E-state index contributed by atoms with van der Waals surface area (Å²) in [6.45, 7) is 8.87. The van der Waals surface area contributed by atoms with E-state index >= 15 is 0 Å². The summed E-state index contributed by atoms with van der Waals surface area (Å²) in [6.07, 6.45) is 4.86. The molecule has 0 radical (unpaired) electrons. The molecule has 110 valence electrons. The second-order valence-electron chi connectivity index (χ2n) is 6.44. The Labute approximate surface area is 116 Å². The largest absolute Gasteiger partial charge is 0.381 e. The first-order chi connectivity index (χ1) is 9.08. The highest BCUT2D eigenvalue weighted by molar-refractivity contribution is 5.83. The van der Waals surface area contributed by atoms with Crippen LogP contribution in [0.3, 0.4) is 0 Å². The van der Waals surface area contributed by atoms with Gasteiger partial charge in [-0.05, 0) is 44.4 Å².